The topological polar surface area (TPSA) is 73.3 Å². The Morgan fingerprint density at radius 1 is 1.24 bits per heavy atom. The predicted molar refractivity (Wildman–Crippen MR) is 97.2 cm³/mol. The minimum atomic E-state index is -0.490. The van der Waals surface area contributed by atoms with Crippen LogP contribution in [-0.2, 0) is 6.42 Å². The van der Waals surface area contributed by atoms with Gasteiger partial charge in [0, 0.05) is 35.8 Å². The van der Waals surface area contributed by atoms with Gasteiger partial charge in [0.05, 0.1) is 21.3 Å². The molecule has 0 aliphatic heterocycles. The molecule has 0 bridgehead atoms. The highest BCUT2D eigenvalue weighted by Crippen LogP contribution is 2.31. The number of nitro benzene ring substituents is 1. The standard InChI is InChI=1S/C17H11ClN4O2S/c18-13-5-4-11(7-15(13)22(23)24)14-10-25-17(20-14)8-12-9-21-6-2-1-3-16(21)19-12/h1-7,9-10H,8H2. The molecule has 3 aromatic heterocycles. The smallest absolute Gasteiger partial charge is 0.288 e. The number of imidazole rings is 1. The van der Waals surface area contributed by atoms with Gasteiger partial charge >= 0.3 is 0 Å². The average Bonchev–Trinajstić information content (AvgIpc) is 3.21. The van der Waals surface area contributed by atoms with E-state index in [9.17, 15) is 10.1 Å². The normalized spacial score (nSPS) is 11.1. The van der Waals surface area contributed by atoms with Gasteiger partial charge in [0.2, 0.25) is 0 Å². The third-order valence-corrected chi connectivity index (χ3v) is 4.90. The first kappa shape index (κ1) is 15.7. The largest absolute Gasteiger partial charge is 0.307 e. The highest BCUT2D eigenvalue weighted by atomic mass is 35.5. The first-order chi connectivity index (χ1) is 12.1. The van der Waals surface area contributed by atoms with Crippen LogP contribution < -0.4 is 0 Å². The molecule has 0 aliphatic rings. The molecule has 0 radical (unpaired) electrons. The summed E-state index contributed by atoms with van der Waals surface area (Å²) < 4.78 is 1.96. The van der Waals surface area contributed by atoms with Crippen LogP contribution >= 0.6 is 22.9 Å². The predicted octanol–water partition coefficient (Wildman–Crippen LogP) is 4.61. The lowest BCUT2D eigenvalue weighted by molar-refractivity contribution is -0.384. The first-order valence-corrected chi connectivity index (χ1v) is 8.67. The van der Waals surface area contributed by atoms with Crippen molar-refractivity contribution in [2.24, 2.45) is 0 Å². The molecule has 0 saturated carbocycles. The summed E-state index contributed by atoms with van der Waals surface area (Å²) in [5.74, 6) is 0. The second kappa shape index (κ2) is 6.27. The zero-order valence-electron chi connectivity index (χ0n) is 12.8. The van der Waals surface area contributed by atoms with Crippen molar-refractivity contribution in [3.05, 3.63) is 80.0 Å². The Morgan fingerprint density at radius 2 is 2.12 bits per heavy atom. The molecule has 0 saturated heterocycles. The molecule has 6 nitrogen and oxygen atoms in total. The molecule has 0 unspecified atom stereocenters. The average molecular weight is 371 g/mol. The minimum Gasteiger partial charge on any atom is -0.307 e. The molecular formula is C17H11ClN4O2S. The van der Waals surface area contributed by atoms with Gasteiger partial charge < -0.3 is 4.40 Å². The highest BCUT2D eigenvalue weighted by molar-refractivity contribution is 7.10. The summed E-state index contributed by atoms with van der Waals surface area (Å²) in [7, 11) is 0. The molecule has 0 spiro atoms. The van der Waals surface area contributed by atoms with E-state index in [-0.39, 0.29) is 10.7 Å². The van der Waals surface area contributed by atoms with Gasteiger partial charge in [0.1, 0.15) is 10.7 Å². The van der Waals surface area contributed by atoms with E-state index in [0.717, 1.165) is 16.3 Å². The number of benzene rings is 1. The maximum atomic E-state index is 11.0. The van der Waals surface area contributed by atoms with E-state index in [2.05, 4.69) is 9.97 Å². The number of pyridine rings is 1. The van der Waals surface area contributed by atoms with Crippen molar-refractivity contribution < 1.29 is 4.92 Å². The van der Waals surface area contributed by atoms with Gasteiger partial charge in [0.25, 0.3) is 5.69 Å². The fourth-order valence-electron chi connectivity index (χ4n) is 2.56. The van der Waals surface area contributed by atoms with Crippen molar-refractivity contribution in [1.29, 1.82) is 0 Å². The van der Waals surface area contributed by atoms with Gasteiger partial charge in [-0.1, -0.05) is 23.7 Å². The quantitative estimate of drug-likeness (QED) is 0.388. The molecule has 1 aromatic carbocycles. The van der Waals surface area contributed by atoms with E-state index in [1.54, 1.807) is 6.07 Å². The summed E-state index contributed by atoms with van der Waals surface area (Å²) in [4.78, 5) is 19.7. The van der Waals surface area contributed by atoms with E-state index in [4.69, 9.17) is 11.6 Å². The number of thiazole rings is 1. The monoisotopic (exact) mass is 370 g/mol. The lowest BCUT2D eigenvalue weighted by Crippen LogP contribution is -1.91. The molecule has 0 amide bonds. The number of fused-ring (bicyclic) bond motifs is 1. The van der Waals surface area contributed by atoms with Crippen LogP contribution in [0.3, 0.4) is 0 Å². The lowest BCUT2D eigenvalue weighted by atomic mass is 10.1. The Hall–Kier alpha value is -2.77. The molecular weight excluding hydrogens is 360 g/mol. The number of hydrogen-bond donors (Lipinski definition) is 0. The van der Waals surface area contributed by atoms with Gasteiger partial charge in [-0.2, -0.15) is 0 Å². The van der Waals surface area contributed by atoms with Gasteiger partial charge in [-0.3, -0.25) is 10.1 Å². The number of nitro groups is 1. The molecule has 0 atom stereocenters. The summed E-state index contributed by atoms with van der Waals surface area (Å²) in [5.41, 5.74) is 3.07. The fourth-order valence-corrected chi connectivity index (χ4v) is 3.57. The van der Waals surface area contributed by atoms with Crippen molar-refractivity contribution in [3.63, 3.8) is 0 Å². The zero-order chi connectivity index (χ0) is 17.4. The number of hydrogen-bond acceptors (Lipinski definition) is 5. The van der Waals surface area contributed by atoms with Crippen LogP contribution in [0.15, 0.2) is 54.2 Å². The third kappa shape index (κ3) is 3.11. The van der Waals surface area contributed by atoms with Gasteiger partial charge in [0.15, 0.2) is 0 Å². The Balaban J connectivity index is 1.62. The second-order valence-electron chi connectivity index (χ2n) is 5.42. The number of nitrogens with zero attached hydrogens (tertiary/aromatic N) is 4. The lowest BCUT2D eigenvalue weighted by Gasteiger charge is -1.99. The molecule has 0 aliphatic carbocycles. The Kier molecular flexibility index (Phi) is 3.95. The van der Waals surface area contributed by atoms with Crippen LogP contribution in [0.5, 0.6) is 0 Å². The van der Waals surface area contributed by atoms with Crippen molar-refractivity contribution in [2.45, 2.75) is 6.42 Å². The molecule has 4 aromatic rings. The molecule has 25 heavy (non-hydrogen) atoms. The summed E-state index contributed by atoms with van der Waals surface area (Å²) in [5, 5.41) is 13.9. The molecule has 0 fully saturated rings. The Bertz CT molecular complexity index is 1060. The van der Waals surface area contributed by atoms with Crippen LogP contribution in [0.2, 0.25) is 5.02 Å². The molecule has 3 heterocycles. The summed E-state index contributed by atoms with van der Waals surface area (Å²) in [6, 6.07) is 10.6. The van der Waals surface area contributed by atoms with Crippen LogP contribution in [-0.4, -0.2) is 19.3 Å². The summed E-state index contributed by atoms with van der Waals surface area (Å²) in [6.45, 7) is 0. The minimum absolute atomic E-state index is 0.117. The van der Waals surface area contributed by atoms with Crippen LogP contribution in [0, 0.1) is 10.1 Å². The third-order valence-electron chi connectivity index (χ3n) is 3.74. The zero-order valence-corrected chi connectivity index (χ0v) is 14.4. The Morgan fingerprint density at radius 3 is 2.92 bits per heavy atom. The molecule has 0 N–H and O–H groups in total. The van der Waals surface area contributed by atoms with Crippen molar-refractivity contribution in [2.75, 3.05) is 0 Å². The first-order valence-electron chi connectivity index (χ1n) is 7.41. The van der Waals surface area contributed by atoms with Crippen LogP contribution in [0.4, 0.5) is 5.69 Å². The number of aromatic nitrogens is 3. The van der Waals surface area contributed by atoms with Crippen LogP contribution in [0.1, 0.15) is 10.7 Å². The van der Waals surface area contributed by atoms with Gasteiger partial charge in [-0.25, -0.2) is 9.97 Å². The summed E-state index contributed by atoms with van der Waals surface area (Å²) >= 11 is 7.36. The van der Waals surface area contributed by atoms with Crippen molar-refractivity contribution >= 4 is 34.3 Å². The van der Waals surface area contributed by atoms with E-state index < -0.39 is 4.92 Å². The van der Waals surface area contributed by atoms with E-state index in [1.165, 1.54) is 23.5 Å². The van der Waals surface area contributed by atoms with Gasteiger partial charge in [-0.15, -0.1) is 11.3 Å². The van der Waals surface area contributed by atoms with E-state index in [0.29, 0.717) is 17.7 Å². The molecule has 4 rings (SSSR count). The molecule has 124 valence electrons. The number of rotatable bonds is 4. The molecule has 8 heteroatoms. The van der Waals surface area contributed by atoms with E-state index in [1.807, 2.05) is 40.4 Å². The summed E-state index contributed by atoms with van der Waals surface area (Å²) in [6.07, 6.45) is 4.54. The second-order valence-corrected chi connectivity index (χ2v) is 6.77. The Labute approximate surface area is 151 Å². The fraction of sp³-hybridized carbons (Fsp3) is 0.0588. The van der Waals surface area contributed by atoms with Gasteiger partial charge in [-0.05, 0) is 18.2 Å². The maximum Gasteiger partial charge on any atom is 0.288 e. The van der Waals surface area contributed by atoms with Crippen molar-refractivity contribution in [1.82, 2.24) is 14.4 Å². The SMILES string of the molecule is O=[N+]([O-])c1cc(-c2csc(Cc3cn4ccccc4n3)n2)ccc1Cl. The highest BCUT2D eigenvalue weighted by Gasteiger charge is 2.15. The number of halogens is 1. The maximum absolute atomic E-state index is 11.0. The van der Waals surface area contributed by atoms with E-state index >= 15 is 0 Å². The van der Waals surface area contributed by atoms with Crippen LogP contribution in [0.25, 0.3) is 16.9 Å². The van der Waals surface area contributed by atoms with Crippen molar-refractivity contribution in [3.8, 4) is 11.3 Å².